The minimum Gasteiger partial charge on any atom is -0.465 e. The molecule has 37 heavy (non-hydrogen) atoms. The van der Waals surface area contributed by atoms with Gasteiger partial charge in [0.25, 0.3) is 5.91 Å². The maximum Gasteiger partial charge on any atom is 0.416 e. The van der Waals surface area contributed by atoms with Crippen LogP contribution < -0.4 is 4.90 Å². The van der Waals surface area contributed by atoms with E-state index in [9.17, 15) is 22.8 Å². The third-order valence-electron chi connectivity index (χ3n) is 6.46. The van der Waals surface area contributed by atoms with Gasteiger partial charge in [0.15, 0.2) is 0 Å². The van der Waals surface area contributed by atoms with Crippen molar-refractivity contribution in [2.24, 2.45) is 0 Å². The Hall–Kier alpha value is -4.07. The third kappa shape index (κ3) is 4.71. The van der Waals surface area contributed by atoms with E-state index in [1.807, 2.05) is 33.8 Å². The second kappa shape index (κ2) is 9.42. The van der Waals surface area contributed by atoms with Crippen LogP contribution in [0, 0.1) is 27.7 Å². The number of hydrogen-bond donors (Lipinski definition) is 0. The van der Waals surface area contributed by atoms with Gasteiger partial charge in [-0.3, -0.25) is 9.69 Å². The Balaban J connectivity index is 1.86. The molecule has 0 radical (unpaired) electrons. The van der Waals surface area contributed by atoms with Gasteiger partial charge in [-0.05, 0) is 93.8 Å². The summed E-state index contributed by atoms with van der Waals surface area (Å²) in [5.74, 6) is -1.34. The Bertz CT molecular complexity index is 1470. The van der Waals surface area contributed by atoms with E-state index in [-0.39, 0.29) is 22.5 Å². The largest absolute Gasteiger partial charge is 0.465 e. The van der Waals surface area contributed by atoms with Crippen LogP contribution in [0.3, 0.4) is 0 Å². The average Bonchev–Trinajstić information content (AvgIpc) is 3.23. The van der Waals surface area contributed by atoms with Crippen LogP contribution in [0.25, 0.3) is 11.8 Å². The standard InChI is InChI=1S/C29H27F3N2O3/c1-16-10-17(2)12-24(11-16)33-18(3)13-21(19(33)4)14-25-26(28(36)37-6)20(5)34(27(25)35)23-9-7-8-22(15-23)29(30,31)32/h7-15H,1-6H3/b25-14-. The second-order valence-corrected chi connectivity index (χ2v) is 9.21. The summed E-state index contributed by atoms with van der Waals surface area (Å²) in [5.41, 5.74) is 5.07. The number of hydrogen-bond acceptors (Lipinski definition) is 3. The number of aromatic nitrogens is 1. The number of carbonyl (C=O) groups excluding carboxylic acids is 2. The highest BCUT2D eigenvalue weighted by Crippen LogP contribution is 2.38. The molecule has 0 unspecified atom stereocenters. The molecule has 0 fully saturated rings. The molecule has 0 bridgehead atoms. The predicted octanol–water partition coefficient (Wildman–Crippen LogP) is 6.61. The van der Waals surface area contributed by atoms with E-state index in [0.29, 0.717) is 5.56 Å². The van der Waals surface area contributed by atoms with Crippen molar-refractivity contribution >= 4 is 23.6 Å². The van der Waals surface area contributed by atoms with Crippen molar-refractivity contribution in [3.05, 3.63) is 99.0 Å². The molecule has 1 aliphatic rings. The maximum atomic E-state index is 13.6. The van der Waals surface area contributed by atoms with E-state index >= 15 is 0 Å². The van der Waals surface area contributed by atoms with Gasteiger partial charge in [-0.2, -0.15) is 13.2 Å². The van der Waals surface area contributed by atoms with Gasteiger partial charge in [0.2, 0.25) is 0 Å². The first-order chi connectivity index (χ1) is 17.3. The summed E-state index contributed by atoms with van der Waals surface area (Å²) in [6.45, 7) is 9.41. The monoisotopic (exact) mass is 508 g/mol. The summed E-state index contributed by atoms with van der Waals surface area (Å²) >= 11 is 0. The molecule has 0 saturated carbocycles. The van der Waals surface area contributed by atoms with Crippen molar-refractivity contribution in [1.82, 2.24) is 4.57 Å². The van der Waals surface area contributed by atoms with Crippen LogP contribution in [0.5, 0.6) is 0 Å². The quantitative estimate of drug-likeness (QED) is 0.295. The molecule has 2 heterocycles. The number of aryl methyl sites for hydroxylation is 3. The zero-order valence-electron chi connectivity index (χ0n) is 21.4. The van der Waals surface area contributed by atoms with Crippen LogP contribution >= 0.6 is 0 Å². The van der Waals surface area contributed by atoms with Crippen molar-refractivity contribution in [2.45, 2.75) is 40.8 Å². The average molecular weight is 509 g/mol. The summed E-state index contributed by atoms with van der Waals surface area (Å²) in [7, 11) is 1.20. The number of halogens is 3. The van der Waals surface area contributed by atoms with E-state index in [1.54, 1.807) is 6.08 Å². The van der Waals surface area contributed by atoms with Gasteiger partial charge in [0.1, 0.15) is 0 Å². The normalized spacial score (nSPS) is 15.2. The minimum atomic E-state index is -4.58. The van der Waals surface area contributed by atoms with Crippen molar-refractivity contribution in [2.75, 3.05) is 12.0 Å². The number of rotatable bonds is 4. The first-order valence-corrected chi connectivity index (χ1v) is 11.6. The van der Waals surface area contributed by atoms with Gasteiger partial charge in [-0.25, -0.2) is 4.79 Å². The van der Waals surface area contributed by atoms with Crippen molar-refractivity contribution in [3.8, 4) is 5.69 Å². The number of methoxy groups -OCH3 is 1. The highest BCUT2D eigenvalue weighted by molar-refractivity contribution is 6.23. The number of carbonyl (C=O) groups is 2. The number of esters is 1. The fourth-order valence-electron chi connectivity index (χ4n) is 4.88. The van der Waals surface area contributed by atoms with Gasteiger partial charge < -0.3 is 9.30 Å². The van der Waals surface area contributed by atoms with E-state index in [0.717, 1.165) is 45.2 Å². The van der Waals surface area contributed by atoms with E-state index in [2.05, 4.69) is 22.8 Å². The molecule has 1 aliphatic heterocycles. The van der Waals surface area contributed by atoms with Crippen LogP contribution in [0.2, 0.25) is 0 Å². The molecule has 8 heteroatoms. The minimum absolute atomic E-state index is 0.0149. The summed E-state index contributed by atoms with van der Waals surface area (Å²) < 4.78 is 47.0. The van der Waals surface area contributed by atoms with Gasteiger partial charge in [-0.1, -0.05) is 12.1 Å². The lowest BCUT2D eigenvalue weighted by Gasteiger charge is -2.19. The molecular weight excluding hydrogens is 481 g/mol. The lowest BCUT2D eigenvalue weighted by Crippen LogP contribution is -2.25. The summed E-state index contributed by atoms with van der Waals surface area (Å²) in [6, 6.07) is 12.6. The Labute approximate surface area is 213 Å². The number of benzene rings is 2. The number of ether oxygens (including phenoxy) is 1. The molecule has 0 N–H and O–H groups in total. The molecule has 192 valence electrons. The molecule has 2 aromatic carbocycles. The van der Waals surface area contributed by atoms with E-state index < -0.39 is 23.6 Å². The SMILES string of the molecule is COC(=O)C1=C(C)N(c2cccc(C(F)(F)F)c2)C(=O)/C1=C\c1cc(C)n(-c2cc(C)cc(C)c2)c1C. The van der Waals surface area contributed by atoms with Crippen LogP contribution in [0.4, 0.5) is 18.9 Å². The summed E-state index contributed by atoms with van der Waals surface area (Å²) in [4.78, 5) is 27.5. The zero-order chi connectivity index (χ0) is 27.2. The lowest BCUT2D eigenvalue weighted by molar-refractivity contribution is -0.137. The van der Waals surface area contributed by atoms with Gasteiger partial charge >= 0.3 is 12.1 Å². The second-order valence-electron chi connectivity index (χ2n) is 9.21. The molecule has 4 rings (SSSR count). The van der Waals surface area contributed by atoms with Gasteiger partial charge in [-0.15, -0.1) is 0 Å². The summed E-state index contributed by atoms with van der Waals surface area (Å²) in [5, 5.41) is 0. The van der Waals surface area contributed by atoms with Gasteiger partial charge in [0.05, 0.1) is 23.8 Å². The van der Waals surface area contributed by atoms with Crippen molar-refractivity contribution in [1.29, 1.82) is 0 Å². The Morgan fingerprint density at radius 3 is 2.16 bits per heavy atom. The fourth-order valence-corrected chi connectivity index (χ4v) is 4.88. The Kier molecular flexibility index (Phi) is 6.62. The molecule has 0 atom stereocenters. The number of alkyl halides is 3. The molecule has 3 aromatic rings. The third-order valence-corrected chi connectivity index (χ3v) is 6.46. The van der Waals surface area contributed by atoms with E-state index in [1.165, 1.54) is 26.2 Å². The number of allylic oxidation sites excluding steroid dienone is 1. The maximum absolute atomic E-state index is 13.6. The Morgan fingerprint density at radius 2 is 1.57 bits per heavy atom. The number of nitrogens with zero attached hydrogens (tertiary/aromatic N) is 2. The lowest BCUT2D eigenvalue weighted by atomic mass is 10.0. The Morgan fingerprint density at radius 1 is 0.919 bits per heavy atom. The smallest absolute Gasteiger partial charge is 0.416 e. The zero-order valence-corrected chi connectivity index (χ0v) is 21.4. The highest BCUT2D eigenvalue weighted by Gasteiger charge is 2.39. The van der Waals surface area contributed by atoms with Crippen molar-refractivity contribution < 1.29 is 27.5 Å². The molecule has 0 saturated heterocycles. The molecular formula is C29H27F3N2O3. The molecule has 0 spiro atoms. The highest BCUT2D eigenvalue weighted by atomic mass is 19.4. The van der Waals surface area contributed by atoms with Gasteiger partial charge in [0, 0.05) is 28.5 Å². The van der Waals surface area contributed by atoms with Crippen LogP contribution in [0.1, 0.15) is 40.6 Å². The summed E-state index contributed by atoms with van der Waals surface area (Å²) in [6.07, 6.45) is -2.97. The van der Waals surface area contributed by atoms with Crippen molar-refractivity contribution in [3.63, 3.8) is 0 Å². The fraction of sp³-hybridized carbons (Fsp3) is 0.241. The number of amides is 1. The first-order valence-electron chi connectivity index (χ1n) is 11.6. The van der Waals surface area contributed by atoms with Crippen LogP contribution in [0.15, 0.2) is 65.4 Å². The van der Waals surface area contributed by atoms with Crippen LogP contribution in [-0.2, 0) is 20.5 Å². The number of anilines is 1. The molecule has 0 aliphatic carbocycles. The van der Waals surface area contributed by atoms with E-state index in [4.69, 9.17) is 4.74 Å². The predicted molar refractivity (Wildman–Crippen MR) is 136 cm³/mol. The topological polar surface area (TPSA) is 51.5 Å². The molecule has 1 aromatic heterocycles. The molecule has 5 nitrogen and oxygen atoms in total. The van der Waals surface area contributed by atoms with Crippen LogP contribution in [-0.4, -0.2) is 23.6 Å². The first kappa shape index (κ1) is 26.0. The molecule has 1 amide bonds.